The number of nitrogens with zero attached hydrogens (tertiary/aromatic N) is 2. The van der Waals surface area contributed by atoms with Crippen molar-refractivity contribution in [2.45, 2.75) is 38.9 Å². The molecule has 12 nitrogen and oxygen atoms in total. The van der Waals surface area contributed by atoms with E-state index in [1.54, 1.807) is 35.6 Å². The Morgan fingerprint density at radius 3 is 1.70 bits per heavy atom. The van der Waals surface area contributed by atoms with Gasteiger partial charge in [-0.05, 0) is 57.5 Å². The summed E-state index contributed by atoms with van der Waals surface area (Å²) in [6, 6.07) is 12.6. The zero-order valence-electron chi connectivity index (χ0n) is 25.4. The minimum atomic E-state index is -0.424. The molecule has 7 rings (SSSR count). The molecule has 5 heterocycles. The highest BCUT2D eigenvalue weighted by molar-refractivity contribution is 9.10. The summed E-state index contributed by atoms with van der Waals surface area (Å²) in [4.78, 5) is 20.8. The molecular formula is C30H30BBrN2O10S2. The maximum absolute atomic E-state index is 10.6. The molecule has 4 aromatic rings. The van der Waals surface area contributed by atoms with Gasteiger partial charge in [-0.3, -0.25) is 20.2 Å². The lowest BCUT2D eigenvalue weighted by atomic mass is 9.87. The van der Waals surface area contributed by atoms with Crippen LogP contribution in [-0.4, -0.2) is 54.6 Å². The smallest absolute Gasteiger partial charge is 0.486 e. The first-order valence-electron chi connectivity index (χ1n) is 14.1. The number of hydrogen-bond donors (Lipinski definition) is 0. The molecule has 0 amide bonds. The van der Waals surface area contributed by atoms with E-state index in [2.05, 4.69) is 15.9 Å². The Labute approximate surface area is 281 Å². The zero-order valence-corrected chi connectivity index (χ0v) is 28.6. The topological polar surface area (TPSA) is 142 Å². The molecule has 1 fully saturated rings. The number of benzene rings is 2. The molecule has 0 unspecified atom stereocenters. The van der Waals surface area contributed by atoms with Gasteiger partial charge in [0.15, 0.2) is 23.0 Å². The number of non-ortho nitro benzene ring substituents is 2. The summed E-state index contributed by atoms with van der Waals surface area (Å²) >= 11 is 6.25. The second-order valence-corrected chi connectivity index (χ2v) is 13.8. The van der Waals surface area contributed by atoms with Crippen molar-refractivity contribution in [3.63, 3.8) is 0 Å². The Kier molecular flexibility index (Phi) is 10.2. The Balaban J connectivity index is 0.000000142. The van der Waals surface area contributed by atoms with Crippen LogP contribution in [0, 0.1) is 20.2 Å². The quantitative estimate of drug-likeness (QED) is 0.119. The Morgan fingerprint density at radius 1 is 0.696 bits per heavy atom. The van der Waals surface area contributed by atoms with Crippen LogP contribution in [0.25, 0.3) is 10.4 Å². The van der Waals surface area contributed by atoms with Crippen molar-refractivity contribution in [3.8, 4) is 33.4 Å². The molecule has 0 aliphatic carbocycles. The molecule has 46 heavy (non-hydrogen) atoms. The molecule has 0 spiro atoms. The number of ether oxygens (including phenoxy) is 4. The van der Waals surface area contributed by atoms with Gasteiger partial charge >= 0.3 is 7.12 Å². The summed E-state index contributed by atoms with van der Waals surface area (Å²) in [5.74, 6) is 3.07. The average molecular weight is 733 g/mol. The van der Waals surface area contributed by atoms with E-state index < -0.39 is 9.85 Å². The first kappa shape index (κ1) is 33.7. The number of rotatable bonds is 4. The molecule has 0 radical (unpaired) electrons. The molecule has 242 valence electrons. The van der Waals surface area contributed by atoms with Crippen molar-refractivity contribution >= 4 is 61.9 Å². The van der Waals surface area contributed by atoms with Gasteiger partial charge in [-0.1, -0.05) is 15.9 Å². The third kappa shape index (κ3) is 7.47. The van der Waals surface area contributed by atoms with Crippen LogP contribution in [0.2, 0.25) is 0 Å². The lowest BCUT2D eigenvalue weighted by Gasteiger charge is -2.32. The van der Waals surface area contributed by atoms with Gasteiger partial charge < -0.3 is 28.3 Å². The second-order valence-electron chi connectivity index (χ2n) is 11.1. The van der Waals surface area contributed by atoms with Crippen LogP contribution in [0.15, 0.2) is 63.8 Å². The molecule has 0 saturated carbocycles. The number of fused-ring (bicyclic) bond motifs is 2. The fourth-order valence-electron chi connectivity index (χ4n) is 4.35. The molecule has 16 heteroatoms. The maximum atomic E-state index is 10.6. The van der Waals surface area contributed by atoms with Crippen LogP contribution in [0.5, 0.6) is 23.0 Å². The van der Waals surface area contributed by atoms with Gasteiger partial charge in [0.25, 0.3) is 11.4 Å². The average Bonchev–Trinajstić information content (AvgIpc) is 3.71. The van der Waals surface area contributed by atoms with E-state index in [4.69, 9.17) is 28.3 Å². The van der Waals surface area contributed by atoms with Crippen LogP contribution in [0.4, 0.5) is 11.4 Å². The van der Waals surface area contributed by atoms with E-state index in [1.165, 1.54) is 35.6 Å². The molecule has 2 aromatic heterocycles. The highest BCUT2D eigenvalue weighted by Gasteiger charge is 2.53. The number of hydrogen-bond acceptors (Lipinski definition) is 12. The van der Waals surface area contributed by atoms with Crippen LogP contribution >= 0.6 is 38.6 Å². The summed E-state index contributed by atoms with van der Waals surface area (Å²) in [5, 5.41) is 24.5. The van der Waals surface area contributed by atoms with Crippen LogP contribution in [0.1, 0.15) is 27.7 Å². The van der Waals surface area contributed by atoms with Crippen molar-refractivity contribution in [1.29, 1.82) is 0 Å². The molecule has 3 aliphatic rings. The number of halogens is 1. The molecule has 2 aromatic carbocycles. The van der Waals surface area contributed by atoms with E-state index in [-0.39, 0.29) is 29.7 Å². The van der Waals surface area contributed by atoms with Crippen molar-refractivity contribution < 1.29 is 38.1 Å². The van der Waals surface area contributed by atoms with Gasteiger partial charge in [0.2, 0.25) is 0 Å². The third-order valence-corrected chi connectivity index (χ3v) is 9.96. The molecule has 0 N–H and O–H groups in total. The first-order valence-corrected chi connectivity index (χ1v) is 16.7. The van der Waals surface area contributed by atoms with Crippen LogP contribution in [-0.2, 0) is 9.31 Å². The van der Waals surface area contributed by atoms with Crippen molar-refractivity contribution in [2.75, 3.05) is 26.4 Å². The van der Waals surface area contributed by atoms with Crippen molar-refractivity contribution in [1.82, 2.24) is 0 Å². The van der Waals surface area contributed by atoms with Crippen molar-refractivity contribution in [2.24, 2.45) is 0 Å². The fraction of sp³-hybridized carbons (Fsp3) is 0.333. The normalized spacial score (nSPS) is 16.8. The maximum Gasteiger partial charge on any atom is 0.509 e. The van der Waals surface area contributed by atoms with E-state index in [0.29, 0.717) is 26.4 Å². The standard InChI is InChI=1S/C12H17BO4S.C12H9NO4S.C6H4BrNO2/c1-11(2)12(3,4)17-13(16-11)10-9-8(7-18-10)14-5-6-15-9;14-13(15)9-3-1-8(2-4-9)12-11-10(7-18-12)16-5-6-17-11;7-5-1-3-6(4-2-5)8(9)10/h7H,5-6H2,1-4H3;1-4,7H,5-6H2;1-4H. The number of thiophene rings is 2. The lowest BCUT2D eigenvalue weighted by molar-refractivity contribution is -0.385. The van der Waals surface area contributed by atoms with Gasteiger partial charge in [-0.25, -0.2) is 0 Å². The van der Waals surface area contributed by atoms with E-state index in [1.807, 2.05) is 38.5 Å². The summed E-state index contributed by atoms with van der Waals surface area (Å²) < 4.78 is 36.1. The summed E-state index contributed by atoms with van der Waals surface area (Å²) in [7, 11) is -0.370. The minimum Gasteiger partial charge on any atom is -0.486 e. The highest BCUT2D eigenvalue weighted by atomic mass is 79.9. The molecule has 1 saturated heterocycles. The second kappa shape index (κ2) is 14.0. The highest BCUT2D eigenvalue weighted by Crippen LogP contribution is 2.45. The number of nitro groups is 2. The number of nitro benzene ring substituents is 2. The largest absolute Gasteiger partial charge is 0.509 e. The molecule has 0 atom stereocenters. The Bertz CT molecular complexity index is 1680. The molecule has 3 aliphatic heterocycles. The summed E-state index contributed by atoms with van der Waals surface area (Å²) in [6.07, 6.45) is 0. The SMILES string of the molecule is CC1(C)OB(c2scc3c2OCCO3)OC1(C)C.O=[N+]([O-])c1ccc(-c2scc3c2OCCO3)cc1.O=[N+]([O-])c1ccc(Br)cc1. The van der Waals surface area contributed by atoms with Gasteiger partial charge in [-0.2, -0.15) is 0 Å². The predicted octanol–water partition coefficient (Wildman–Crippen LogP) is 7.27. The monoisotopic (exact) mass is 732 g/mol. The first-order chi connectivity index (χ1) is 21.9. The summed E-state index contributed by atoms with van der Waals surface area (Å²) in [5.41, 5.74) is 0.440. The van der Waals surface area contributed by atoms with Gasteiger partial charge in [-0.15, -0.1) is 22.7 Å². The molecular weight excluding hydrogens is 703 g/mol. The van der Waals surface area contributed by atoms with E-state index in [9.17, 15) is 20.2 Å². The fourth-order valence-corrected chi connectivity index (χ4v) is 6.44. The van der Waals surface area contributed by atoms with Gasteiger partial charge in [0, 0.05) is 39.5 Å². The van der Waals surface area contributed by atoms with Crippen LogP contribution < -0.4 is 23.7 Å². The van der Waals surface area contributed by atoms with Crippen LogP contribution in [0.3, 0.4) is 0 Å². The lowest BCUT2D eigenvalue weighted by Crippen LogP contribution is -2.41. The van der Waals surface area contributed by atoms with Crippen molar-refractivity contribution in [3.05, 3.63) is 84.0 Å². The van der Waals surface area contributed by atoms with Gasteiger partial charge in [0.05, 0.1) is 30.7 Å². The van der Waals surface area contributed by atoms with E-state index >= 15 is 0 Å². The molecule has 0 bridgehead atoms. The Morgan fingerprint density at radius 2 is 1.15 bits per heavy atom. The zero-order chi connectivity index (χ0) is 33.1. The Hall–Kier alpha value is -3.70. The van der Waals surface area contributed by atoms with Gasteiger partial charge in [0.1, 0.15) is 26.4 Å². The summed E-state index contributed by atoms with van der Waals surface area (Å²) in [6.45, 7) is 10.5. The predicted molar refractivity (Wildman–Crippen MR) is 179 cm³/mol. The third-order valence-electron chi connectivity index (χ3n) is 7.47. The minimum absolute atomic E-state index is 0.0846. The van der Waals surface area contributed by atoms with E-state index in [0.717, 1.165) is 42.7 Å².